The fourth-order valence-corrected chi connectivity index (χ4v) is 5.44. The van der Waals surface area contributed by atoms with E-state index in [0.29, 0.717) is 12.0 Å². The van der Waals surface area contributed by atoms with E-state index in [1.807, 2.05) is 0 Å². The summed E-state index contributed by atoms with van der Waals surface area (Å²) in [6, 6.07) is 11.6. The van der Waals surface area contributed by atoms with Crippen LogP contribution in [-0.4, -0.2) is 14.0 Å². The molecule has 0 fully saturated rings. The van der Waals surface area contributed by atoms with E-state index in [-0.39, 0.29) is 12.4 Å². The van der Waals surface area contributed by atoms with E-state index in [1.54, 1.807) is 6.20 Å². The smallest absolute Gasteiger partial charge is 0.147 e. The van der Waals surface area contributed by atoms with Gasteiger partial charge in [-0.3, -0.25) is 4.40 Å². The van der Waals surface area contributed by atoms with Crippen LogP contribution in [0, 0.1) is 6.92 Å². The van der Waals surface area contributed by atoms with Gasteiger partial charge in [0.05, 0.1) is 10.9 Å². The average Bonchev–Trinajstić information content (AvgIpc) is 3.24. The van der Waals surface area contributed by atoms with Crippen molar-refractivity contribution >= 4 is 51.3 Å². The molecule has 0 radical (unpaired) electrons. The highest BCUT2D eigenvalue weighted by molar-refractivity contribution is 9.10. The van der Waals surface area contributed by atoms with Gasteiger partial charge < -0.3 is 10.3 Å². The quantitative estimate of drug-likeness (QED) is 0.283. The molecule has 3 aromatic heterocycles. The minimum absolute atomic E-state index is 0. The van der Waals surface area contributed by atoms with E-state index in [2.05, 4.69) is 89.8 Å². The fourth-order valence-electron chi connectivity index (χ4n) is 4.83. The van der Waals surface area contributed by atoms with E-state index in [9.17, 15) is 0 Å². The van der Waals surface area contributed by atoms with E-state index in [1.165, 1.54) is 16.8 Å². The first-order valence-electron chi connectivity index (χ1n) is 11.5. The molecule has 4 aromatic rings. The van der Waals surface area contributed by atoms with Gasteiger partial charge in [0.25, 0.3) is 0 Å². The summed E-state index contributed by atoms with van der Waals surface area (Å²) in [6.45, 7) is 11.0. The molecule has 0 atom stereocenters. The molecule has 0 aliphatic rings. The van der Waals surface area contributed by atoms with Gasteiger partial charge in [-0.1, -0.05) is 68.6 Å². The molecule has 6 heteroatoms. The summed E-state index contributed by atoms with van der Waals surface area (Å²) in [7, 11) is 0. The summed E-state index contributed by atoms with van der Waals surface area (Å²) in [4.78, 5) is 4.97. The minimum atomic E-state index is 0. The molecule has 0 unspecified atom stereocenters. The van der Waals surface area contributed by atoms with Gasteiger partial charge in [0.2, 0.25) is 0 Å². The van der Waals surface area contributed by atoms with Gasteiger partial charge in [0.1, 0.15) is 11.3 Å². The van der Waals surface area contributed by atoms with E-state index < -0.39 is 0 Å². The van der Waals surface area contributed by atoms with Gasteiger partial charge in [0.15, 0.2) is 0 Å². The largest absolute Gasteiger partial charge is 0.403 e. The summed E-state index contributed by atoms with van der Waals surface area (Å²) in [5.74, 6) is 0.493. The lowest BCUT2D eigenvalue weighted by atomic mass is 9.99. The Morgan fingerprint density at radius 3 is 2.31 bits per heavy atom. The van der Waals surface area contributed by atoms with Crippen molar-refractivity contribution in [3.63, 3.8) is 0 Å². The van der Waals surface area contributed by atoms with Crippen LogP contribution in [-0.2, 0) is 0 Å². The van der Waals surface area contributed by atoms with Crippen molar-refractivity contribution in [2.45, 2.75) is 72.3 Å². The maximum absolute atomic E-state index is 6.23. The van der Waals surface area contributed by atoms with Gasteiger partial charge in [0, 0.05) is 34.0 Å². The number of benzene rings is 1. The molecule has 2 N–H and O–H groups in total. The number of aromatic nitrogens is 3. The van der Waals surface area contributed by atoms with Crippen LogP contribution < -0.4 is 11.1 Å². The first-order valence-corrected chi connectivity index (χ1v) is 12.2. The van der Waals surface area contributed by atoms with Crippen molar-refractivity contribution in [3.05, 3.63) is 51.4 Å². The van der Waals surface area contributed by atoms with Crippen molar-refractivity contribution in [2.75, 3.05) is 0 Å². The van der Waals surface area contributed by atoms with E-state index in [0.717, 1.165) is 57.9 Å². The monoisotopic (exact) mass is 516 g/mol. The molecule has 0 bridgehead atoms. The summed E-state index contributed by atoms with van der Waals surface area (Å²) in [5, 5.41) is 1.09. The predicted molar refractivity (Wildman–Crippen MR) is 143 cm³/mol. The highest BCUT2D eigenvalue weighted by Crippen LogP contribution is 2.36. The zero-order valence-corrected chi connectivity index (χ0v) is 22.1. The molecular weight excluding hydrogens is 484 g/mol. The van der Waals surface area contributed by atoms with Crippen LogP contribution in [0.15, 0.2) is 34.8 Å². The third kappa shape index (κ3) is 4.06. The maximum Gasteiger partial charge on any atom is 0.147 e. The Bertz CT molecular complexity index is 1280. The molecule has 4 nitrogen and oxygen atoms in total. The Hall–Kier alpha value is -1.98. The number of hydrogen-bond donors (Lipinski definition) is 1. The van der Waals surface area contributed by atoms with Gasteiger partial charge in [-0.15, -0.1) is 12.4 Å². The van der Waals surface area contributed by atoms with Crippen LogP contribution >= 0.6 is 28.3 Å². The molecule has 0 saturated carbocycles. The summed E-state index contributed by atoms with van der Waals surface area (Å²) in [6.07, 6.45) is 6.38. The number of imidazole rings is 1. The molecule has 3 heterocycles. The zero-order valence-electron chi connectivity index (χ0n) is 19.7. The Morgan fingerprint density at radius 2 is 1.75 bits per heavy atom. The Morgan fingerprint density at radius 1 is 1.06 bits per heavy atom. The van der Waals surface area contributed by atoms with E-state index >= 15 is 0 Å². The number of aryl methyl sites for hydroxylation is 1. The normalized spacial score (nSPS) is 12.6. The van der Waals surface area contributed by atoms with Crippen LogP contribution in [0.3, 0.4) is 0 Å². The second kappa shape index (κ2) is 9.88. The number of halogens is 2. The molecule has 1 aromatic carbocycles. The van der Waals surface area contributed by atoms with Gasteiger partial charge in [-0.05, 0) is 48.9 Å². The van der Waals surface area contributed by atoms with Crippen LogP contribution in [0.25, 0.3) is 34.1 Å². The number of hydrogen-bond acceptors (Lipinski definition) is 2. The van der Waals surface area contributed by atoms with E-state index in [4.69, 9.17) is 10.7 Å². The number of rotatable bonds is 7. The van der Waals surface area contributed by atoms with Crippen molar-refractivity contribution in [1.29, 1.82) is 0 Å². The second-order valence-corrected chi connectivity index (χ2v) is 9.76. The molecular formula is C26H34BrClN4. The average molecular weight is 518 g/mol. The lowest BCUT2D eigenvalue weighted by molar-refractivity contribution is 0.430. The van der Waals surface area contributed by atoms with Crippen LogP contribution in [0.2, 0.25) is 0 Å². The third-order valence-corrected chi connectivity index (χ3v) is 6.97. The molecule has 0 spiro atoms. The molecule has 172 valence electrons. The topological polar surface area (TPSA) is 48.2 Å². The Balaban J connectivity index is 0.00000289. The predicted octanol–water partition coefficient (Wildman–Crippen LogP) is 7.13. The molecule has 0 amide bonds. The summed E-state index contributed by atoms with van der Waals surface area (Å²) < 4.78 is 5.85. The lowest BCUT2D eigenvalue weighted by Gasteiger charge is -2.20. The van der Waals surface area contributed by atoms with Gasteiger partial charge in [-0.25, -0.2) is 4.98 Å². The molecule has 0 aliphatic carbocycles. The molecule has 32 heavy (non-hydrogen) atoms. The summed E-state index contributed by atoms with van der Waals surface area (Å²) in [5.41, 5.74) is 14.2. The fraction of sp³-hybridized carbons (Fsp3) is 0.423. The maximum atomic E-state index is 6.23. The standard InChI is InChI=1S/C26H33BrN4.ClH/c1-6-8-19(9-7-2)30-24(15-28)23-14-21(26-29-17(5)12-25(30)31(23)26)20-11-10-18(16(3)4)13-22(20)27;/h10-16,19H,6-9,28H2,1-5H3;1H. The van der Waals surface area contributed by atoms with Crippen molar-refractivity contribution in [2.24, 2.45) is 5.73 Å². The highest BCUT2D eigenvalue weighted by atomic mass is 79.9. The Kier molecular flexibility index (Phi) is 7.61. The first-order chi connectivity index (χ1) is 14.9. The van der Waals surface area contributed by atoms with Crippen LogP contribution in [0.1, 0.15) is 76.6 Å². The lowest BCUT2D eigenvalue weighted by Crippen LogP contribution is -2.23. The molecule has 0 aliphatic heterocycles. The van der Waals surface area contributed by atoms with Gasteiger partial charge in [-0.2, -0.15) is 0 Å². The molecule has 0 saturated heterocycles. The minimum Gasteiger partial charge on any atom is -0.403 e. The summed E-state index contributed by atoms with van der Waals surface area (Å²) >= 11 is 3.82. The molecule has 4 rings (SSSR count). The number of nitrogens with zero attached hydrogens (tertiary/aromatic N) is 3. The van der Waals surface area contributed by atoms with Crippen molar-refractivity contribution in [3.8, 4) is 11.1 Å². The Labute approximate surface area is 205 Å². The third-order valence-electron chi connectivity index (χ3n) is 6.31. The van der Waals surface area contributed by atoms with Crippen molar-refractivity contribution in [1.82, 2.24) is 14.0 Å². The second-order valence-electron chi connectivity index (χ2n) is 8.91. The highest BCUT2D eigenvalue weighted by Gasteiger charge is 2.22. The van der Waals surface area contributed by atoms with Crippen molar-refractivity contribution < 1.29 is 0 Å². The van der Waals surface area contributed by atoms with Crippen LogP contribution in [0.4, 0.5) is 0 Å². The number of nitrogens with two attached hydrogens (primary N) is 1. The van der Waals surface area contributed by atoms with Crippen LogP contribution in [0.5, 0.6) is 0 Å². The first kappa shape index (κ1) is 24.7. The zero-order chi connectivity index (χ0) is 22.3. The SMILES string of the molecule is CCCC(CCC)n1c(=CN)c2cc(-c3ccc(C(C)C)cc3Br)c3nc(C)cc1n32.Cl. The van der Waals surface area contributed by atoms with Gasteiger partial charge >= 0.3 is 0 Å².